The number of hydrogen-bond acceptors (Lipinski definition) is 3. The van der Waals surface area contributed by atoms with E-state index in [9.17, 15) is 12.8 Å². The lowest BCUT2D eigenvalue weighted by molar-refractivity contribution is 0.536. The molecule has 1 aliphatic rings. The van der Waals surface area contributed by atoms with E-state index in [1.165, 1.54) is 12.1 Å². The predicted octanol–water partition coefficient (Wildman–Crippen LogP) is 2.12. The zero-order chi connectivity index (χ0) is 14.4. The molecule has 0 bridgehead atoms. The van der Waals surface area contributed by atoms with Crippen molar-refractivity contribution in [1.29, 1.82) is 0 Å². The number of halogens is 2. The molecule has 19 heavy (non-hydrogen) atoms. The molecule has 0 amide bonds. The van der Waals surface area contributed by atoms with Crippen molar-refractivity contribution >= 4 is 26.0 Å². The van der Waals surface area contributed by atoms with E-state index in [0.717, 1.165) is 6.42 Å². The van der Waals surface area contributed by atoms with Gasteiger partial charge in [0.1, 0.15) is 10.7 Å². The number of hydrogen-bond donors (Lipinski definition) is 2. The van der Waals surface area contributed by atoms with Crippen LogP contribution in [-0.4, -0.2) is 14.5 Å². The Bertz CT molecular complexity index is 616. The van der Waals surface area contributed by atoms with Gasteiger partial charge in [-0.25, -0.2) is 17.5 Å². The lowest BCUT2D eigenvalue weighted by Gasteiger charge is -2.11. The molecule has 3 N–H and O–H groups in total. The molecule has 0 spiro atoms. The minimum Gasteiger partial charge on any atom is -0.326 e. The summed E-state index contributed by atoms with van der Waals surface area (Å²) in [6, 6.07) is 2.60. The van der Waals surface area contributed by atoms with Crippen LogP contribution in [0.2, 0.25) is 0 Å². The summed E-state index contributed by atoms with van der Waals surface area (Å²) < 4.78 is 41.5. The molecule has 0 radical (unpaired) electrons. The summed E-state index contributed by atoms with van der Waals surface area (Å²) in [4.78, 5) is -0.356. The maximum Gasteiger partial charge on any atom is 0.243 e. The lowest BCUT2D eigenvalue weighted by atomic mass is 10.2. The van der Waals surface area contributed by atoms with Gasteiger partial charge in [0, 0.05) is 22.6 Å². The van der Waals surface area contributed by atoms with E-state index in [4.69, 9.17) is 5.73 Å². The Balaban J connectivity index is 2.38. The number of sulfonamides is 1. The summed E-state index contributed by atoms with van der Waals surface area (Å²) in [7, 11) is -3.86. The largest absolute Gasteiger partial charge is 0.326 e. The maximum atomic E-state index is 14.1. The van der Waals surface area contributed by atoms with Gasteiger partial charge in [-0.15, -0.1) is 0 Å². The lowest BCUT2D eigenvalue weighted by Crippen LogP contribution is -2.29. The van der Waals surface area contributed by atoms with E-state index < -0.39 is 15.8 Å². The summed E-state index contributed by atoms with van der Waals surface area (Å²) in [5, 5.41) is 0. The SMILES string of the molecule is CC1(C)CC1NS(=O)(=O)c1cc(Br)cc(CN)c1F. The second-order valence-electron chi connectivity index (χ2n) is 5.45. The van der Waals surface area contributed by atoms with Crippen LogP contribution in [0.3, 0.4) is 0 Å². The molecule has 0 saturated heterocycles. The number of nitrogens with two attached hydrogens (primary N) is 1. The number of benzene rings is 1. The summed E-state index contributed by atoms with van der Waals surface area (Å²) in [6.07, 6.45) is 0.756. The van der Waals surface area contributed by atoms with E-state index in [2.05, 4.69) is 20.7 Å². The average molecular weight is 351 g/mol. The van der Waals surface area contributed by atoms with Gasteiger partial charge in [0.05, 0.1) is 0 Å². The van der Waals surface area contributed by atoms with Gasteiger partial charge < -0.3 is 5.73 Å². The zero-order valence-corrected chi connectivity index (χ0v) is 13.1. The van der Waals surface area contributed by atoms with E-state index >= 15 is 0 Å². The summed E-state index contributed by atoms with van der Waals surface area (Å²) >= 11 is 3.17. The highest BCUT2D eigenvalue weighted by Gasteiger charge is 2.48. The van der Waals surface area contributed by atoms with Gasteiger partial charge in [-0.1, -0.05) is 29.8 Å². The van der Waals surface area contributed by atoms with Crippen LogP contribution in [0, 0.1) is 11.2 Å². The summed E-state index contributed by atoms with van der Waals surface area (Å²) in [5.41, 5.74) is 5.52. The normalized spacial score (nSPS) is 21.4. The third-order valence-corrected chi connectivity index (χ3v) is 5.33. The first-order chi connectivity index (χ1) is 8.67. The summed E-state index contributed by atoms with van der Waals surface area (Å²) in [6.45, 7) is 3.87. The van der Waals surface area contributed by atoms with Crippen LogP contribution < -0.4 is 10.5 Å². The van der Waals surface area contributed by atoms with Gasteiger partial charge in [0.15, 0.2) is 0 Å². The third kappa shape index (κ3) is 2.99. The van der Waals surface area contributed by atoms with E-state index in [-0.39, 0.29) is 28.5 Å². The first-order valence-electron chi connectivity index (χ1n) is 5.88. The molecule has 1 aliphatic carbocycles. The van der Waals surface area contributed by atoms with Crippen molar-refractivity contribution in [2.45, 2.75) is 37.8 Å². The van der Waals surface area contributed by atoms with Crippen molar-refractivity contribution < 1.29 is 12.8 Å². The predicted molar refractivity (Wildman–Crippen MR) is 74.5 cm³/mol. The van der Waals surface area contributed by atoms with Gasteiger partial charge in [-0.3, -0.25) is 0 Å². The van der Waals surface area contributed by atoms with Crippen LogP contribution in [0.25, 0.3) is 0 Å². The quantitative estimate of drug-likeness (QED) is 0.873. The van der Waals surface area contributed by atoms with Crippen LogP contribution in [0.1, 0.15) is 25.8 Å². The van der Waals surface area contributed by atoms with Gasteiger partial charge in [0.25, 0.3) is 0 Å². The molecule has 1 fully saturated rings. The molecule has 1 unspecified atom stereocenters. The highest BCUT2D eigenvalue weighted by atomic mass is 79.9. The molecule has 1 aromatic rings. The highest BCUT2D eigenvalue weighted by molar-refractivity contribution is 9.10. The monoisotopic (exact) mass is 350 g/mol. The maximum absolute atomic E-state index is 14.1. The molecule has 1 saturated carbocycles. The van der Waals surface area contributed by atoms with Gasteiger partial charge >= 0.3 is 0 Å². The van der Waals surface area contributed by atoms with Crippen LogP contribution in [0.4, 0.5) is 4.39 Å². The Hall–Kier alpha value is -0.500. The number of rotatable bonds is 4. The minimum absolute atomic E-state index is 0.0529. The molecule has 7 heteroatoms. The molecule has 0 aromatic heterocycles. The molecule has 4 nitrogen and oxygen atoms in total. The Morgan fingerprint density at radius 2 is 2.11 bits per heavy atom. The van der Waals surface area contributed by atoms with E-state index in [0.29, 0.717) is 4.47 Å². The zero-order valence-electron chi connectivity index (χ0n) is 10.7. The molecule has 0 heterocycles. The summed E-state index contributed by atoms with van der Waals surface area (Å²) in [5.74, 6) is -0.781. The van der Waals surface area contributed by atoms with E-state index in [1.54, 1.807) is 0 Å². The average Bonchev–Trinajstić information content (AvgIpc) is 2.87. The van der Waals surface area contributed by atoms with Crippen molar-refractivity contribution in [3.63, 3.8) is 0 Å². The molecule has 0 aliphatic heterocycles. The fourth-order valence-corrected chi connectivity index (χ4v) is 4.09. The van der Waals surface area contributed by atoms with Crippen LogP contribution in [0.5, 0.6) is 0 Å². The molecule has 106 valence electrons. The topological polar surface area (TPSA) is 72.2 Å². The van der Waals surface area contributed by atoms with Crippen molar-refractivity contribution in [3.8, 4) is 0 Å². The van der Waals surface area contributed by atoms with Crippen molar-refractivity contribution in [2.75, 3.05) is 0 Å². The smallest absolute Gasteiger partial charge is 0.243 e. The van der Waals surface area contributed by atoms with Gasteiger partial charge in [0.2, 0.25) is 10.0 Å². The standard InChI is InChI=1S/C12H16BrFN2O2S/c1-12(2)5-10(12)16-19(17,18)9-4-8(13)3-7(6-15)11(9)14/h3-4,10,16H,5-6,15H2,1-2H3. The Morgan fingerprint density at radius 3 is 2.58 bits per heavy atom. The Labute approximate surface area is 120 Å². The molecule has 1 atom stereocenters. The minimum atomic E-state index is -3.86. The first-order valence-corrected chi connectivity index (χ1v) is 8.15. The third-order valence-electron chi connectivity index (χ3n) is 3.40. The molecule has 1 aromatic carbocycles. The van der Waals surface area contributed by atoms with Crippen LogP contribution >= 0.6 is 15.9 Å². The van der Waals surface area contributed by atoms with E-state index in [1.807, 2.05) is 13.8 Å². The fourth-order valence-electron chi connectivity index (χ4n) is 1.88. The highest BCUT2D eigenvalue weighted by Crippen LogP contribution is 2.45. The van der Waals surface area contributed by atoms with Crippen molar-refractivity contribution in [3.05, 3.63) is 28.0 Å². The van der Waals surface area contributed by atoms with Crippen molar-refractivity contribution in [2.24, 2.45) is 11.1 Å². The van der Waals surface area contributed by atoms with Gasteiger partial charge in [-0.05, 0) is 24.0 Å². The second-order valence-corrected chi connectivity index (χ2v) is 8.05. The Kier molecular flexibility index (Phi) is 3.77. The second kappa shape index (κ2) is 4.80. The fraction of sp³-hybridized carbons (Fsp3) is 0.500. The van der Waals surface area contributed by atoms with Crippen LogP contribution in [-0.2, 0) is 16.6 Å². The molecule has 2 rings (SSSR count). The van der Waals surface area contributed by atoms with Gasteiger partial charge in [-0.2, -0.15) is 0 Å². The number of nitrogens with one attached hydrogen (secondary N) is 1. The van der Waals surface area contributed by atoms with Crippen molar-refractivity contribution in [1.82, 2.24) is 4.72 Å². The Morgan fingerprint density at radius 1 is 1.53 bits per heavy atom. The first kappa shape index (κ1) is 14.9. The van der Waals surface area contributed by atoms with Crippen LogP contribution in [0.15, 0.2) is 21.5 Å². The molecular formula is C12H16BrFN2O2S. The molecular weight excluding hydrogens is 335 g/mol.